The number of nitrogens with one attached hydrogen (secondary N) is 1. The van der Waals surface area contributed by atoms with Crippen LogP contribution in [0.3, 0.4) is 0 Å². The summed E-state index contributed by atoms with van der Waals surface area (Å²) in [5.41, 5.74) is 1.17. The summed E-state index contributed by atoms with van der Waals surface area (Å²) >= 11 is 3.49. The maximum absolute atomic E-state index is 9.08. The second-order valence-corrected chi connectivity index (χ2v) is 4.72. The van der Waals surface area contributed by atoms with Crippen molar-refractivity contribution in [2.45, 2.75) is 32.9 Å². The fourth-order valence-corrected chi connectivity index (χ4v) is 2.07. The van der Waals surface area contributed by atoms with E-state index in [-0.39, 0.29) is 12.6 Å². The third-order valence-electron chi connectivity index (χ3n) is 2.60. The van der Waals surface area contributed by atoms with E-state index >= 15 is 0 Å². The summed E-state index contributed by atoms with van der Waals surface area (Å²) in [7, 11) is 0. The van der Waals surface area contributed by atoms with E-state index in [4.69, 9.17) is 9.84 Å². The number of aliphatic hydroxyl groups excluding tert-OH is 1. The van der Waals surface area contributed by atoms with E-state index in [1.165, 1.54) is 5.56 Å². The van der Waals surface area contributed by atoms with Crippen LogP contribution >= 0.6 is 15.9 Å². The molecule has 0 saturated carbocycles. The number of ether oxygens (including phenoxy) is 1. The summed E-state index contributed by atoms with van der Waals surface area (Å²) in [6.07, 6.45) is 0.925. The van der Waals surface area contributed by atoms with Crippen molar-refractivity contribution < 1.29 is 9.84 Å². The Hall–Kier alpha value is -0.580. The molecule has 17 heavy (non-hydrogen) atoms. The Labute approximate surface area is 111 Å². The van der Waals surface area contributed by atoms with Crippen molar-refractivity contribution >= 4 is 15.9 Å². The van der Waals surface area contributed by atoms with E-state index in [0.29, 0.717) is 6.61 Å². The van der Waals surface area contributed by atoms with Crippen LogP contribution in [-0.4, -0.2) is 24.4 Å². The molecule has 0 aliphatic heterocycles. The molecule has 0 bridgehead atoms. The van der Waals surface area contributed by atoms with Gasteiger partial charge in [-0.1, -0.05) is 13.0 Å². The Morgan fingerprint density at radius 3 is 2.71 bits per heavy atom. The van der Waals surface area contributed by atoms with Crippen LogP contribution in [0.4, 0.5) is 0 Å². The molecule has 0 heterocycles. The molecule has 0 fully saturated rings. The summed E-state index contributed by atoms with van der Waals surface area (Å²) in [5, 5.41) is 12.4. The molecule has 0 amide bonds. The van der Waals surface area contributed by atoms with E-state index in [2.05, 4.69) is 28.2 Å². The third kappa shape index (κ3) is 4.66. The number of halogens is 1. The van der Waals surface area contributed by atoms with E-state index < -0.39 is 0 Å². The first-order valence-corrected chi connectivity index (χ1v) is 6.76. The fourth-order valence-electron chi connectivity index (χ4n) is 1.53. The molecule has 4 heteroatoms. The van der Waals surface area contributed by atoms with Gasteiger partial charge >= 0.3 is 0 Å². The first kappa shape index (κ1) is 14.5. The summed E-state index contributed by atoms with van der Waals surface area (Å²) in [6, 6.07) is 6.21. The second kappa shape index (κ2) is 7.69. The van der Waals surface area contributed by atoms with Gasteiger partial charge in [0.2, 0.25) is 0 Å². The number of benzene rings is 1. The Morgan fingerprint density at radius 2 is 2.18 bits per heavy atom. The van der Waals surface area contributed by atoms with Gasteiger partial charge in [-0.2, -0.15) is 0 Å². The molecule has 2 N–H and O–H groups in total. The summed E-state index contributed by atoms with van der Waals surface area (Å²) in [5.74, 6) is 0.866. The average Bonchev–Trinajstić information content (AvgIpc) is 2.34. The van der Waals surface area contributed by atoms with Crippen LogP contribution in [0.5, 0.6) is 5.75 Å². The van der Waals surface area contributed by atoms with E-state index in [1.807, 2.05) is 25.1 Å². The highest BCUT2D eigenvalue weighted by Gasteiger charge is 2.05. The molecule has 1 atom stereocenters. The van der Waals surface area contributed by atoms with Gasteiger partial charge in [-0.15, -0.1) is 0 Å². The van der Waals surface area contributed by atoms with Crippen LogP contribution in [0.2, 0.25) is 0 Å². The zero-order chi connectivity index (χ0) is 12.7. The number of hydrogen-bond acceptors (Lipinski definition) is 3. The minimum atomic E-state index is 0.167. The number of hydrogen-bond donors (Lipinski definition) is 2. The Morgan fingerprint density at radius 1 is 1.41 bits per heavy atom. The molecule has 0 radical (unpaired) electrons. The quantitative estimate of drug-likeness (QED) is 0.814. The number of rotatable bonds is 7. The first-order valence-electron chi connectivity index (χ1n) is 5.96. The standard InChI is InChI=1S/C13H20BrNO2/c1-3-11(9-16)15-8-10-5-6-13(17-4-2)12(14)7-10/h5-7,11,15-16H,3-4,8-9H2,1-2H3/t11-/m1/s1. The van der Waals surface area contributed by atoms with Gasteiger partial charge in [0.05, 0.1) is 17.7 Å². The van der Waals surface area contributed by atoms with E-state index in [1.54, 1.807) is 0 Å². The van der Waals surface area contributed by atoms with Crippen molar-refractivity contribution in [3.05, 3.63) is 28.2 Å². The van der Waals surface area contributed by atoms with Crippen molar-refractivity contribution in [1.82, 2.24) is 5.32 Å². The fraction of sp³-hybridized carbons (Fsp3) is 0.538. The van der Waals surface area contributed by atoms with Gasteiger partial charge in [0.1, 0.15) is 5.75 Å². The zero-order valence-corrected chi connectivity index (χ0v) is 12.0. The molecule has 96 valence electrons. The van der Waals surface area contributed by atoms with Crippen molar-refractivity contribution in [3.8, 4) is 5.75 Å². The highest BCUT2D eigenvalue weighted by Crippen LogP contribution is 2.25. The largest absolute Gasteiger partial charge is 0.493 e. The van der Waals surface area contributed by atoms with Crippen LogP contribution in [-0.2, 0) is 6.54 Å². The van der Waals surface area contributed by atoms with Gasteiger partial charge in [0.25, 0.3) is 0 Å². The highest BCUT2D eigenvalue weighted by atomic mass is 79.9. The Bertz CT molecular complexity index is 340. The minimum absolute atomic E-state index is 0.167. The Balaban J connectivity index is 2.58. The lowest BCUT2D eigenvalue weighted by atomic mass is 10.2. The van der Waals surface area contributed by atoms with Gasteiger partial charge in [0.15, 0.2) is 0 Å². The topological polar surface area (TPSA) is 41.5 Å². The number of aliphatic hydroxyl groups is 1. The molecule has 0 aliphatic carbocycles. The van der Waals surface area contributed by atoms with Crippen molar-refractivity contribution in [3.63, 3.8) is 0 Å². The van der Waals surface area contributed by atoms with Gasteiger partial charge in [0, 0.05) is 12.6 Å². The summed E-state index contributed by atoms with van der Waals surface area (Å²) in [6.45, 7) is 5.62. The lowest BCUT2D eigenvalue weighted by molar-refractivity contribution is 0.238. The molecule has 0 aliphatic rings. The monoisotopic (exact) mass is 301 g/mol. The minimum Gasteiger partial charge on any atom is -0.493 e. The summed E-state index contributed by atoms with van der Waals surface area (Å²) in [4.78, 5) is 0. The lowest BCUT2D eigenvalue weighted by Gasteiger charge is -2.14. The summed E-state index contributed by atoms with van der Waals surface area (Å²) < 4.78 is 6.42. The average molecular weight is 302 g/mol. The van der Waals surface area contributed by atoms with Crippen molar-refractivity contribution in [1.29, 1.82) is 0 Å². The van der Waals surface area contributed by atoms with Crippen LogP contribution in [0.1, 0.15) is 25.8 Å². The van der Waals surface area contributed by atoms with Gasteiger partial charge in [-0.25, -0.2) is 0 Å². The van der Waals surface area contributed by atoms with Crippen LogP contribution in [0.25, 0.3) is 0 Å². The van der Waals surface area contributed by atoms with E-state index in [0.717, 1.165) is 23.2 Å². The first-order chi connectivity index (χ1) is 8.21. The molecule has 1 aromatic carbocycles. The molecule has 1 rings (SSSR count). The molecule has 0 aromatic heterocycles. The smallest absolute Gasteiger partial charge is 0.133 e. The van der Waals surface area contributed by atoms with Gasteiger partial charge in [-0.3, -0.25) is 0 Å². The maximum atomic E-state index is 9.08. The maximum Gasteiger partial charge on any atom is 0.133 e. The van der Waals surface area contributed by atoms with Crippen LogP contribution in [0, 0.1) is 0 Å². The molecule has 1 aromatic rings. The molecule has 3 nitrogen and oxygen atoms in total. The van der Waals surface area contributed by atoms with Gasteiger partial charge in [-0.05, 0) is 47.0 Å². The SMILES string of the molecule is CCOc1ccc(CN[C@H](CC)CO)cc1Br. The third-order valence-corrected chi connectivity index (χ3v) is 3.22. The highest BCUT2D eigenvalue weighted by molar-refractivity contribution is 9.10. The van der Waals surface area contributed by atoms with E-state index in [9.17, 15) is 0 Å². The predicted molar refractivity (Wildman–Crippen MR) is 73.3 cm³/mol. The second-order valence-electron chi connectivity index (χ2n) is 3.87. The van der Waals surface area contributed by atoms with Crippen LogP contribution < -0.4 is 10.1 Å². The molecular weight excluding hydrogens is 282 g/mol. The lowest BCUT2D eigenvalue weighted by Crippen LogP contribution is -2.31. The van der Waals surface area contributed by atoms with Crippen molar-refractivity contribution in [2.75, 3.05) is 13.2 Å². The normalized spacial score (nSPS) is 12.5. The molecule has 0 spiro atoms. The van der Waals surface area contributed by atoms with Crippen LogP contribution in [0.15, 0.2) is 22.7 Å². The predicted octanol–water partition coefficient (Wildman–Crippen LogP) is 2.71. The molecular formula is C13H20BrNO2. The molecule has 0 unspecified atom stereocenters. The zero-order valence-electron chi connectivity index (χ0n) is 10.4. The Kier molecular flexibility index (Phi) is 6.55. The van der Waals surface area contributed by atoms with Gasteiger partial charge < -0.3 is 15.2 Å². The van der Waals surface area contributed by atoms with Crippen molar-refractivity contribution in [2.24, 2.45) is 0 Å². The molecule has 0 saturated heterocycles.